The summed E-state index contributed by atoms with van der Waals surface area (Å²) in [7, 11) is 1.53. The van der Waals surface area contributed by atoms with Gasteiger partial charge in [0.1, 0.15) is 11.6 Å². The summed E-state index contributed by atoms with van der Waals surface area (Å²) in [6.07, 6.45) is 1.11. The first kappa shape index (κ1) is 29.3. The highest BCUT2D eigenvalue weighted by Gasteiger charge is 2.48. The van der Waals surface area contributed by atoms with Crippen LogP contribution in [-0.4, -0.2) is 55.7 Å². The first-order valence-corrected chi connectivity index (χ1v) is 14.0. The Hall–Kier alpha value is -4.15. The third kappa shape index (κ3) is 6.05. The van der Waals surface area contributed by atoms with E-state index in [0.717, 1.165) is 11.1 Å². The lowest BCUT2D eigenvalue weighted by molar-refractivity contribution is -0.143. The van der Waals surface area contributed by atoms with Gasteiger partial charge in [0.25, 0.3) is 0 Å². The van der Waals surface area contributed by atoms with E-state index < -0.39 is 23.8 Å². The molecule has 2 aliphatic rings. The fraction of sp³-hybridized carbons (Fsp3) is 0.375. The van der Waals surface area contributed by atoms with Crippen LogP contribution < -0.4 is 19.5 Å². The van der Waals surface area contributed by atoms with Crippen molar-refractivity contribution >= 4 is 17.6 Å². The highest BCUT2D eigenvalue weighted by molar-refractivity contribution is 5.94. The van der Waals surface area contributed by atoms with Gasteiger partial charge in [-0.1, -0.05) is 32.0 Å². The third-order valence-corrected chi connectivity index (χ3v) is 7.91. The maximum atomic E-state index is 14.2. The van der Waals surface area contributed by atoms with Gasteiger partial charge in [-0.2, -0.15) is 0 Å². The van der Waals surface area contributed by atoms with Crippen molar-refractivity contribution in [3.05, 3.63) is 82.7 Å². The van der Waals surface area contributed by atoms with Crippen LogP contribution in [-0.2, 0) is 27.2 Å². The standard InChI is InChI=1S/C32H35FN2O7/c1-4-19-12-23(33)13-20(5-2)30(19)34-28(36)16-35-15-25(22-8-11-26-27(14-22)42-18-41-26)29(32(37)38)31(35)21-6-9-24(10-7-21)40-17-39-3/h6-14,25,29,31H,4-5,15-18H2,1-3H3,(H,34,36)(H,37,38)/t25-,29?,31+/m1/s1. The van der Waals surface area contributed by atoms with Gasteiger partial charge < -0.3 is 29.4 Å². The van der Waals surface area contributed by atoms with Gasteiger partial charge in [-0.15, -0.1) is 0 Å². The topological polar surface area (TPSA) is 107 Å². The van der Waals surface area contributed by atoms with Crippen molar-refractivity contribution in [3.8, 4) is 17.2 Å². The molecule has 2 N–H and O–H groups in total. The molecule has 0 saturated carbocycles. The van der Waals surface area contributed by atoms with Crippen molar-refractivity contribution in [2.45, 2.75) is 38.6 Å². The molecular weight excluding hydrogens is 543 g/mol. The highest BCUT2D eigenvalue weighted by Crippen LogP contribution is 2.47. The van der Waals surface area contributed by atoms with Crippen molar-refractivity contribution in [2.24, 2.45) is 5.92 Å². The third-order valence-electron chi connectivity index (χ3n) is 7.91. The summed E-state index contributed by atoms with van der Waals surface area (Å²) in [5.41, 5.74) is 3.58. The number of likely N-dealkylation sites (tertiary alicyclic amines) is 1. The van der Waals surface area contributed by atoms with Gasteiger partial charge in [0.2, 0.25) is 12.7 Å². The number of nitrogens with one attached hydrogen (secondary N) is 1. The van der Waals surface area contributed by atoms with Crippen molar-refractivity contribution in [1.29, 1.82) is 0 Å². The summed E-state index contributed by atoms with van der Waals surface area (Å²) in [4.78, 5) is 28.3. The monoisotopic (exact) mass is 578 g/mol. The molecule has 1 saturated heterocycles. The smallest absolute Gasteiger partial charge is 0.309 e. The lowest BCUT2D eigenvalue weighted by Gasteiger charge is -2.27. The summed E-state index contributed by atoms with van der Waals surface area (Å²) in [6.45, 7) is 4.28. The number of aliphatic carboxylic acids is 1. The first-order chi connectivity index (χ1) is 20.3. The molecule has 2 heterocycles. The number of hydrogen-bond acceptors (Lipinski definition) is 7. The number of ether oxygens (including phenoxy) is 4. The predicted octanol–water partition coefficient (Wildman–Crippen LogP) is 5.14. The normalized spacial score (nSPS) is 19.6. The zero-order chi connectivity index (χ0) is 29.8. The average Bonchev–Trinajstić information content (AvgIpc) is 3.61. The summed E-state index contributed by atoms with van der Waals surface area (Å²) < 4.78 is 35.7. The number of carboxylic acids is 1. The molecule has 3 aromatic rings. The number of carbonyl (C=O) groups excluding carboxylic acids is 1. The Morgan fingerprint density at radius 3 is 2.31 bits per heavy atom. The van der Waals surface area contributed by atoms with E-state index >= 15 is 0 Å². The molecule has 0 aliphatic carbocycles. The molecule has 0 aromatic heterocycles. The number of aryl methyl sites for hydroxylation is 2. The summed E-state index contributed by atoms with van der Waals surface area (Å²) in [6, 6.07) is 14.9. The molecule has 0 radical (unpaired) electrons. The van der Waals surface area contributed by atoms with Crippen molar-refractivity contribution < 1.29 is 38.0 Å². The Labute approximate surface area is 244 Å². The Morgan fingerprint density at radius 2 is 1.67 bits per heavy atom. The van der Waals surface area contributed by atoms with E-state index in [0.29, 0.717) is 53.4 Å². The molecule has 42 heavy (non-hydrogen) atoms. The molecule has 1 unspecified atom stereocenters. The fourth-order valence-corrected chi connectivity index (χ4v) is 5.97. The van der Waals surface area contributed by atoms with Crippen molar-refractivity contribution in [2.75, 3.05) is 39.1 Å². The Kier molecular flexibility index (Phi) is 8.94. The number of benzene rings is 3. The van der Waals surface area contributed by atoms with Gasteiger partial charge in [-0.25, -0.2) is 4.39 Å². The first-order valence-electron chi connectivity index (χ1n) is 14.0. The van der Waals surface area contributed by atoms with Crippen molar-refractivity contribution in [1.82, 2.24) is 4.90 Å². The Bertz CT molecular complexity index is 1420. The number of hydrogen-bond donors (Lipinski definition) is 2. The van der Waals surface area contributed by atoms with Crippen molar-refractivity contribution in [3.63, 3.8) is 0 Å². The predicted molar refractivity (Wildman–Crippen MR) is 153 cm³/mol. The SMILES string of the molecule is CCc1cc(F)cc(CC)c1NC(=O)CN1C[C@H](c2ccc3c(c2)OCO3)C(C(=O)O)[C@@H]1c1ccc(OCOC)cc1. The minimum Gasteiger partial charge on any atom is -0.481 e. The number of halogens is 1. The van der Waals surface area contributed by atoms with Crippen LogP contribution in [0.4, 0.5) is 10.1 Å². The Balaban J connectivity index is 1.48. The second-order valence-corrected chi connectivity index (χ2v) is 10.4. The van der Waals surface area contributed by atoms with Crippen LogP contribution in [0.2, 0.25) is 0 Å². The quantitative estimate of drug-likeness (QED) is 0.301. The second-order valence-electron chi connectivity index (χ2n) is 10.4. The molecule has 2 aliphatic heterocycles. The molecule has 0 bridgehead atoms. The zero-order valence-corrected chi connectivity index (χ0v) is 23.9. The number of anilines is 1. The number of methoxy groups -OCH3 is 1. The average molecular weight is 579 g/mol. The van der Waals surface area contributed by atoms with Crippen LogP contribution in [0.3, 0.4) is 0 Å². The van der Waals surface area contributed by atoms with Gasteiger partial charge in [0.05, 0.1) is 12.5 Å². The van der Waals surface area contributed by atoms with Gasteiger partial charge in [-0.05, 0) is 71.5 Å². The fourth-order valence-electron chi connectivity index (χ4n) is 5.97. The highest BCUT2D eigenvalue weighted by atomic mass is 19.1. The van der Waals surface area contributed by atoms with Crippen LogP contribution in [0, 0.1) is 11.7 Å². The van der Waals surface area contributed by atoms with Gasteiger partial charge in [-0.3, -0.25) is 14.5 Å². The van der Waals surface area contributed by atoms with Crippen LogP contribution in [0.25, 0.3) is 0 Å². The van der Waals surface area contributed by atoms with Crippen LogP contribution >= 0.6 is 0 Å². The maximum Gasteiger partial charge on any atom is 0.309 e. The second kappa shape index (κ2) is 12.8. The van der Waals surface area contributed by atoms with E-state index in [1.165, 1.54) is 19.2 Å². The number of fused-ring (bicyclic) bond motifs is 1. The van der Waals surface area contributed by atoms with Gasteiger partial charge in [0.15, 0.2) is 18.3 Å². The number of rotatable bonds is 11. The van der Waals surface area contributed by atoms with E-state index in [2.05, 4.69) is 5.32 Å². The van der Waals surface area contributed by atoms with E-state index in [1.807, 2.05) is 43.0 Å². The molecule has 3 atom stereocenters. The molecule has 5 rings (SSSR count). The number of amides is 1. The number of nitrogens with zero attached hydrogens (tertiary/aromatic N) is 1. The van der Waals surface area contributed by atoms with Crippen LogP contribution in [0.5, 0.6) is 17.2 Å². The minimum atomic E-state index is -0.967. The lowest BCUT2D eigenvalue weighted by Crippen LogP contribution is -2.35. The van der Waals surface area contributed by atoms with Gasteiger partial charge >= 0.3 is 5.97 Å². The maximum absolute atomic E-state index is 14.2. The molecule has 0 spiro atoms. The largest absolute Gasteiger partial charge is 0.481 e. The molecule has 10 heteroatoms. The molecule has 9 nitrogen and oxygen atoms in total. The van der Waals surface area contributed by atoms with E-state index in [1.54, 1.807) is 18.2 Å². The summed E-state index contributed by atoms with van der Waals surface area (Å²) in [5, 5.41) is 13.5. The van der Waals surface area contributed by atoms with Crippen LogP contribution in [0.15, 0.2) is 54.6 Å². The van der Waals surface area contributed by atoms with Crippen LogP contribution in [0.1, 0.15) is 48.1 Å². The van der Waals surface area contributed by atoms with E-state index in [9.17, 15) is 19.1 Å². The molecular formula is C32H35FN2O7. The Morgan fingerprint density at radius 1 is 1.00 bits per heavy atom. The number of carbonyl (C=O) groups is 2. The van der Waals surface area contributed by atoms with Gasteiger partial charge in [0, 0.05) is 31.3 Å². The summed E-state index contributed by atoms with van der Waals surface area (Å²) >= 11 is 0. The van der Waals surface area contributed by atoms with E-state index in [4.69, 9.17) is 18.9 Å². The minimum absolute atomic E-state index is 0.0545. The summed E-state index contributed by atoms with van der Waals surface area (Å²) in [5.74, 6) is -1.13. The molecule has 1 amide bonds. The molecule has 222 valence electrons. The zero-order valence-electron chi connectivity index (χ0n) is 23.9. The lowest BCUT2D eigenvalue weighted by atomic mass is 9.82. The molecule has 1 fully saturated rings. The van der Waals surface area contributed by atoms with E-state index in [-0.39, 0.29) is 31.9 Å². The number of carboxylic acid groups (broad SMARTS) is 1. The molecule has 3 aromatic carbocycles.